The van der Waals surface area contributed by atoms with Crippen LogP contribution in [0.4, 0.5) is 13.2 Å². The molecule has 1 aromatic rings. The van der Waals surface area contributed by atoms with Crippen molar-refractivity contribution in [1.82, 2.24) is 5.32 Å². The van der Waals surface area contributed by atoms with Gasteiger partial charge >= 0.3 is 6.18 Å². The van der Waals surface area contributed by atoms with Crippen molar-refractivity contribution >= 4 is 17.2 Å². The number of rotatable bonds is 3. The van der Waals surface area contributed by atoms with Gasteiger partial charge in [0, 0.05) is 4.88 Å². The number of hydrogen-bond acceptors (Lipinski definition) is 2. The van der Waals surface area contributed by atoms with E-state index < -0.39 is 18.5 Å². The van der Waals surface area contributed by atoms with Gasteiger partial charge in [0.25, 0.3) is 0 Å². The zero-order valence-electron chi connectivity index (χ0n) is 7.10. The van der Waals surface area contributed by atoms with E-state index >= 15 is 0 Å². The molecule has 1 amide bonds. The van der Waals surface area contributed by atoms with E-state index in [0.29, 0.717) is 0 Å². The second-order valence-electron chi connectivity index (χ2n) is 2.65. The number of thiophene rings is 1. The Morgan fingerprint density at radius 3 is 2.71 bits per heavy atom. The molecule has 0 unspecified atom stereocenters. The summed E-state index contributed by atoms with van der Waals surface area (Å²) in [6.45, 7) is 0.159. The molecular weight excluding hydrogens is 215 g/mol. The molecule has 0 bridgehead atoms. The number of carbonyl (C=O) groups is 1. The normalized spacial score (nSPS) is 11.4. The standard InChI is InChI=1S/C8H8F3NOS/c9-8(10,11)4-7(13)12-5-6-2-1-3-14-6/h1-3H,4-5H2,(H,12,13). The average Bonchev–Trinajstić information content (AvgIpc) is 2.49. The van der Waals surface area contributed by atoms with Crippen LogP contribution in [0.25, 0.3) is 0 Å². The molecule has 1 heterocycles. The summed E-state index contributed by atoms with van der Waals surface area (Å²) in [5.74, 6) is -0.995. The highest BCUT2D eigenvalue weighted by atomic mass is 32.1. The minimum Gasteiger partial charge on any atom is -0.351 e. The zero-order chi connectivity index (χ0) is 10.6. The summed E-state index contributed by atoms with van der Waals surface area (Å²) < 4.78 is 35.1. The Bertz CT molecular complexity index is 294. The average molecular weight is 223 g/mol. The Morgan fingerprint density at radius 2 is 2.21 bits per heavy atom. The summed E-state index contributed by atoms with van der Waals surface area (Å²) in [5.41, 5.74) is 0. The smallest absolute Gasteiger partial charge is 0.351 e. The van der Waals surface area contributed by atoms with E-state index in [-0.39, 0.29) is 6.54 Å². The molecule has 14 heavy (non-hydrogen) atoms. The van der Waals surface area contributed by atoms with Crippen molar-refractivity contribution in [3.05, 3.63) is 22.4 Å². The van der Waals surface area contributed by atoms with Crippen molar-refractivity contribution in [2.45, 2.75) is 19.1 Å². The van der Waals surface area contributed by atoms with E-state index in [1.165, 1.54) is 11.3 Å². The van der Waals surface area contributed by atoms with E-state index in [9.17, 15) is 18.0 Å². The van der Waals surface area contributed by atoms with Gasteiger partial charge in [0.15, 0.2) is 0 Å². The van der Waals surface area contributed by atoms with Gasteiger partial charge in [-0.25, -0.2) is 0 Å². The number of nitrogens with one attached hydrogen (secondary N) is 1. The quantitative estimate of drug-likeness (QED) is 0.837. The van der Waals surface area contributed by atoms with Crippen molar-refractivity contribution in [3.8, 4) is 0 Å². The number of alkyl halides is 3. The van der Waals surface area contributed by atoms with Crippen LogP contribution < -0.4 is 5.32 Å². The van der Waals surface area contributed by atoms with Crippen LogP contribution in [0.3, 0.4) is 0 Å². The second kappa shape index (κ2) is 4.45. The first-order valence-electron chi connectivity index (χ1n) is 3.83. The van der Waals surface area contributed by atoms with E-state index in [4.69, 9.17) is 0 Å². The molecule has 0 radical (unpaired) electrons. The van der Waals surface area contributed by atoms with Crippen molar-refractivity contribution < 1.29 is 18.0 Å². The van der Waals surface area contributed by atoms with Crippen molar-refractivity contribution in [1.29, 1.82) is 0 Å². The van der Waals surface area contributed by atoms with Crippen molar-refractivity contribution in [2.24, 2.45) is 0 Å². The lowest BCUT2D eigenvalue weighted by molar-refractivity contribution is -0.153. The molecule has 1 rings (SSSR count). The zero-order valence-corrected chi connectivity index (χ0v) is 7.91. The Morgan fingerprint density at radius 1 is 1.50 bits per heavy atom. The fraction of sp³-hybridized carbons (Fsp3) is 0.375. The monoisotopic (exact) mass is 223 g/mol. The van der Waals surface area contributed by atoms with E-state index in [0.717, 1.165) is 4.88 Å². The predicted octanol–water partition coefficient (Wildman–Crippen LogP) is 2.32. The fourth-order valence-corrected chi connectivity index (χ4v) is 1.49. The van der Waals surface area contributed by atoms with Gasteiger partial charge in [0.2, 0.25) is 5.91 Å². The molecule has 0 saturated heterocycles. The number of halogens is 3. The molecule has 0 aromatic carbocycles. The van der Waals surface area contributed by atoms with E-state index in [1.54, 1.807) is 17.5 Å². The molecule has 0 aliphatic carbocycles. The Kier molecular flexibility index (Phi) is 3.51. The topological polar surface area (TPSA) is 29.1 Å². The molecule has 0 aliphatic rings. The lowest BCUT2D eigenvalue weighted by atomic mass is 10.4. The van der Waals surface area contributed by atoms with Crippen LogP contribution in [0.1, 0.15) is 11.3 Å². The van der Waals surface area contributed by atoms with Gasteiger partial charge in [-0.05, 0) is 11.4 Å². The van der Waals surface area contributed by atoms with Crippen LogP contribution in [0.15, 0.2) is 17.5 Å². The lowest BCUT2D eigenvalue weighted by Crippen LogP contribution is -2.27. The van der Waals surface area contributed by atoms with Gasteiger partial charge in [-0.1, -0.05) is 6.07 Å². The molecular formula is C8H8F3NOS. The van der Waals surface area contributed by atoms with Crippen LogP contribution in [0, 0.1) is 0 Å². The van der Waals surface area contributed by atoms with E-state index in [2.05, 4.69) is 5.32 Å². The van der Waals surface area contributed by atoms with Gasteiger partial charge in [0.05, 0.1) is 6.54 Å². The van der Waals surface area contributed by atoms with Gasteiger partial charge in [-0.15, -0.1) is 11.3 Å². The third-order valence-corrected chi connectivity index (χ3v) is 2.28. The van der Waals surface area contributed by atoms with Crippen LogP contribution in [0.2, 0.25) is 0 Å². The predicted molar refractivity (Wildman–Crippen MR) is 46.8 cm³/mol. The summed E-state index contributed by atoms with van der Waals surface area (Å²) in [6.07, 6.45) is -5.85. The number of carbonyl (C=O) groups excluding carboxylic acids is 1. The minimum absolute atomic E-state index is 0.159. The first-order valence-corrected chi connectivity index (χ1v) is 4.71. The Hall–Kier alpha value is -1.04. The first kappa shape index (κ1) is 11.0. The summed E-state index contributed by atoms with van der Waals surface area (Å²) in [4.78, 5) is 11.6. The second-order valence-corrected chi connectivity index (χ2v) is 3.68. The first-order chi connectivity index (χ1) is 6.47. The molecule has 6 heteroatoms. The minimum atomic E-state index is -4.43. The molecule has 1 N–H and O–H groups in total. The van der Waals surface area contributed by atoms with Crippen LogP contribution in [-0.4, -0.2) is 12.1 Å². The highest BCUT2D eigenvalue weighted by molar-refractivity contribution is 7.09. The van der Waals surface area contributed by atoms with Crippen LogP contribution in [0.5, 0.6) is 0 Å². The molecule has 0 fully saturated rings. The maximum Gasteiger partial charge on any atom is 0.397 e. The largest absolute Gasteiger partial charge is 0.397 e. The maximum atomic E-state index is 11.7. The molecule has 0 aliphatic heterocycles. The molecule has 1 aromatic heterocycles. The number of amides is 1. The summed E-state index contributed by atoms with van der Waals surface area (Å²) in [7, 11) is 0. The molecule has 0 atom stereocenters. The highest BCUT2D eigenvalue weighted by Crippen LogP contribution is 2.19. The number of hydrogen-bond donors (Lipinski definition) is 1. The van der Waals surface area contributed by atoms with Crippen molar-refractivity contribution in [3.63, 3.8) is 0 Å². The molecule has 2 nitrogen and oxygen atoms in total. The summed E-state index contributed by atoms with van der Waals surface area (Å²) >= 11 is 1.39. The van der Waals surface area contributed by atoms with Gasteiger partial charge < -0.3 is 5.32 Å². The molecule has 0 saturated carbocycles. The van der Waals surface area contributed by atoms with Crippen molar-refractivity contribution in [2.75, 3.05) is 0 Å². The molecule has 78 valence electrons. The van der Waals surface area contributed by atoms with Crippen LogP contribution >= 0.6 is 11.3 Å². The SMILES string of the molecule is O=C(CC(F)(F)F)NCc1cccs1. The summed E-state index contributed by atoms with van der Waals surface area (Å²) in [5, 5.41) is 3.99. The Balaban J connectivity index is 2.29. The van der Waals surface area contributed by atoms with Gasteiger partial charge in [-0.2, -0.15) is 13.2 Å². The van der Waals surface area contributed by atoms with E-state index in [1.807, 2.05) is 0 Å². The van der Waals surface area contributed by atoms with Gasteiger partial charge in [-0.3, -0.25) is 4.79 Å². The third kappa shape index (κ3) is 4.27. The van der Waals surface area contributed by atoms with Crippen LogP contribution in [-0.2, 0) is 11.3 Å². The highest BCUT2D eigenvalue weighted by Gasteiger charge is 2.30. The third-order valence-electron chi connectivity index (χ3n) is 1.40. The maximum absolute atomic E-state index is 11.7. The fourth-order valence-electron chi connectivity index (χ4n) is 0.843. The lowest BCUT2D eigenvalue weighted by Gasteiger charge is -2.06. The molecule has 0 spiro atoms. The Labute approximate surface area is 82.7 Å². The van der Waals surface area contributed by atoms with Gasteiger partial charge in [0.1, 0.15) is 6.42 Å². The summed E-state index contributed by atoms with van der Waals surface area (Å²) in [6, 6.07) is 3.52.